The van der Waals surface area contributed by atoms with Crippen LogP contribution in [0.2, 0.25) is 0 Å². The Bertz CT molecular complexity index is 457. The van der Waals surface area contributed by atoms with E-state index < -0.39 is 0 Å². The Kier molecular flexibility index (Phi) is 3.79. The number of aliphatic hydroxyl groups excluding tert-OH is 1. The van der Waals surface area contributed by atoms with Gasteiger partial charge in [0.2, 0.25) is 0 Å². The summed E-state index contributed by atoms with van der Waals surface area (Å²) in [5, 5.41) is 10.5. The van der Waals surface area contributed by atoms with Gasteiger partial charge in [0.15, 0.2) is 0 Å². The lowest BCUT2D eigenvalue weighted by atomic mass is 9.80. The third kappa shape index (κ3) is 3.02. The lowest BCUT2D eigenvalue weighted by Gasteiger charge is -2.26. The van der Waals surface area contributed by atoms with E-state index in [9.17, 15) is 5.11 Å². The highest BCUT2D eigenvalue weighted by molar-refractivity contribution is 5.38. The lowest BCUT2D eigenvalue weighted by molar-refractivity contribution is 0.116. The van der Waals surface area contributed by atoms with Crippen LogP contribution in [0.15, 0.2) is 18.2 Å². The predicted molar refractivity (Wildman–Crippen MR) is 81.4 cm³/mol. The summed E-state index contributed by atoms with van der Waals surface area (Å²) < 4.78 is 0. The standard InChI is InChI=1S/C18H28O/c1-6-18(4,5)14-8-7-13-9-10-17(2,3)12-16(19)15(13)11-14/h7-8,11,16,19H,6,9-10,12H2,1-5H3. The van der Waals surface area contributed by atoms with Gasteiger partial charge in [-0.1, -0.05) is 52.8 Å². The van der Waals surface area contributed by atoms with Gasteiger partial charge in [-0.2, -0.15) is 0 Å². The number of hydrogen-bond acceptors (Lipinski definition) is 1. The zero-order valence-electron chi connectivity index (χ0n) is 13.1. The highest BCUT2D eigenvalue weighted by Gasteiger charge is 2.29. The minimum Gasteiger partial charge on any atom is -0.388 e. The number of aryl methyl sites for hydroxylation is 1. The first kappa shape index (κ1) is 14.6. The fourth-order valence-electron chi connectivity index (χ4n) is 2.97. The van der Waals surface area contributed by atoms with E-state index in [-0.39, 0.29) is 16.9 Å². The monoisotopic (exact) mass is 260 g/mol. The number of benzene rings is 1. The van der Waals surface area contributed by atoms with Crippen LogP contribution in [-0.2, 0) is 11.8 Å². The zero-order chi connectivity index (χ0) is 14.3. The van der Waals surface area contributed by atoms with Crippen LogP contribution in [0.25, 0.3) is 0 Å². The molecule has 0 bridgehead atoms. The Balaban J connectivity index is 2.41. The van der Waals surface area contributed by atoms with Crippen molar-refractivity contribution in [2.24, 2.45) is 5.41 Å². The summed E-state index contributed by atoms with van der Waals surface area (Å²) in [7, 11) is 0. The second-order valence-electron chi connectivity index (χ2n) is 7.54. The van der Waals surface area contributed by atoms with Crippen molar-refractivity contribution in [3.63, 3.8) is 0 Å². The molecule has 1 aromatic carbocycles. The summed E-state index contributed by atoms with van der Waals surface area (Å²) in [6.45, 7) is 11.3. The van der Waals surface area contributed by atoms with Crippen molar-refractivity contribution < 1.29 is 5.11 Å². The molecule has 0 fully saturated rings. The molecule has 19 heavy (non-hydrogen) atoms. The molecule has 1 atom stereocenters. The minimum absolute atomic E-state index is 0.191. The van der Waals surface area contributed by atoms with Crippen LogP contribution >= 0.6 is 0 Å². The Labute approximate surface area is 118 Å². The Morgan fingerprint density at radius 1 is 1.32 bits per heavy atom. The average molecular weight is 260 g/mol. The van der Waals surface area contributed by atoms with Crippen LogP contribution < -0.4 is 0 Å². The topological polar surface area (TPSA) is 20.2 Å². The van der Waals surface area contributed by atoms with E-state index in [1.807, 2.05) is 0 Å². The normalized spacial score (nSPS) is 22.7. The third-order valence-electron chi connectivity index (χ3n) is 4.99. The Morgan fingerprint density at radius 2 is 2.00 bits per heavy atom. The van der Waals surface area contributed by atoms with Gasteiger partial charge in [-0.15, -0.1) is 0 Å². The van der Waals surface area contributed by atoms with E-state index in [0.29, 0.717) is 0 Å². The van der Waals surface area contributed by atoms with Crippen LogP contribution in [-0.4, -0.2) is 5.11 Å². The molecule has 0 radical (unpaired) electrons. The number of hydrogen-bond donors (Lipinski definition) is 1. The molecule has 0 saturated carbocycles. The SMILES string of the molecule is CCC(C)(C)c1ccc2c(c1)C(O)CC(C)(C)CC2. The third-order valence-corrected chi connectivity index (χ3v) is 4.99. The second-order valence-corrected chi connectivity index (χ2v) is 7.54. The summed E-state index contributed by atoms with van der Waals surface area (Å²) in [4.78, 5) is 0. The molecular weight excluding hydrogens is 232 g/mol. The van der Waals surface area contributed by atoms with E-state index >= 15 is 0 Å². The highest BCUT2D eigenvalue weighted by Crippen LogP contribution is 2.40. The Morgan fingerprint density at radius 3 is 2.63 bits per heavy atom. The Hall–Kier alpha value is -0.820. The van der Waals surface area contributed by atoms with Crippen molar-refractivity contribution >= 4 is 0 Å². The van der Waals surface area contributed by atoms with Gasteiger partial charge in [-0.05, 0) is 53.2 Å². The quantitative estimate of drug-likeness (QED) is 0.759. The first-order valence-electron chi connectivity index (χ1n) is 7.56. The predicted octanol–water partition coefficient (Wildman–Crippen LogP) is 4.77. The van der Waals surface area contributed by atoms with Crippen molar-refractivity contribution in [3.8, 4) is 0 Å². The molecule has 2 rings (SSSR count). The van der Waals surface area contributed by atoms with Gasteiger partial charge < -0.3 is 5.11 Å². The first-order valence-corrected chi connectivity index (χ1v) is 7.56. The van der Waals surface area contributed by atoms with Crippen LogP contribution in [0.5, 0.6) is 0 Å². The van der Waals surface area contributed by atoms with E-state index in [2.05, 4.69) is 52.8 Å². The summed E-state index contributed by atoms with van der Waals surface area (Å²) in [5.41, 5.74) is 4.29. The van der Waals surface area contributed by atoms with Crippen LogP contribution in [0, 0.1) is 5.41 Å². The number of fused-ring (bicyclic) bond motifs is 1. The lowest BCUT2D eigenvalue weighted by Crippen LogP contribution is -2.17. The molecule has 0 heterocycles. The molecular formula is C18H28O. The minimum atomic E-state index is -0.305. The van der Waals surface area contributed by atoms with Crippen molar-refractivity contribution in [3.05, 3.63) is 34.9 Å². The maximum absolute atomic E-state index is 10.5. The summed E-state index contributed by atoms with van der Waals surface area (Å²) in [6.07, 6.45) is 3.93. The van der Waals surface area contributed by atoms with Gasteiger partial charge in [-0.25, -0.2) is 0 Å². The van der Waals surface area contributed by atoms with Crippen LogP contribution in [0.1, 0.15) is 76.7 Å². The van der Waals surface area contributed by atoms with Gasteiger partial charge in [0.25, 0.3) is 0 Å². The average Bonchev–Trinajstić information content (AvgIpc) is 2.46. The molecule has 1 heteroatoms. The molecule has 0 spiro atoms. The van der Waals surface area contributed by atoms with E-state index in [0.717, 1.165) is 25.7 Å². The molecule has 1 unspecified atom stereocenters. The van der Waals surface area contributed by atoms with E-state index in [1.54, 1.807) is 0 Å². The van der Waals surface area contributed by atoms with Crippen LogP contribution in [0.4, 0.5) is 0 Å². The van der Waals surface area contributed by atoms with E-state index in [1.165, 1.54) is 16.7 Å². The molecule has 1 aromatic rings. The number of aliphatic hydroxyl groups is 1. The van der Waals surface area contributed by atoms with Crippen molar-refractivity contribution in [2.45, 2.75) is 71.8 Å². The molecule has 1 N–H and O–H groups in total. The maximum atomic E-state index is 10.5. The molecule has 1 aliphatic carbocycles. The fourth-order valence-corrected chi connectivity index (χ4v) is 2.97. The smallest absolute Gasteiger partial charge is 0.0797 e. The van der Waals surface area contributed by atoms with E-state index in [4.69, 9.17) is 0 Å². The second kappa shape index (κ2) is 4.94. The first-order chi connectivity index (χ1) is 8.75. The molecule has 1 aliphatic rings. The summed E-state index contributed by atoms with van der Waals surface area (Å²) in [5.74, 6) is 0. The van der Waals surface area contributed by atoms with Gasteiger partial charge in [0, 0.05) is 0 Å². The maximum Gasteiger partial charge on any atom is 0.0797 e. The molecule has 106 valence electrons. The van der Waals surface area contributed by atoms with Gasteiger partial charge in [0.05, 0.1) is 6.10 Å². The van der Waals surface area contributed by atoms with Crippen molar-refractivity contribution in [1.82, 2.24) is 0 Å². The summed E-state index contributed by atoms with van der Waals surface area (Å²) in [6, 6.07) is 6.75. The highest BCUT2D eigenvalue weighted by atomic mass is 16.3. The molecule has 0 amide bonds. The fraction of sp³-hybridized carbons (Fsp3) is 0.667. The van der Waals surface area contributed by atoms with Crippen molar-refractivity contribution in [2.75, 3.05) is 0 Å². The molecule has 0 aliphatic heterocycles. The van der Waals surface area contributed by atoms with Gasteiger partial charge in [-0.3, -0.25) is 0 Å². The molecule has 0 saturated heterocycles. The molecule has 1 nitrogen and oxygen atoms in total. The zero-order valence-corrected chi connectivity index (χ0v) is 13.1. The van der Waals surface area contributed by atoms with Gasteiger partial charge in [0.1, 0.15) is 0 Å². The summed E-state index contributed by atoms with van der Waals surface area (Å²) >= 11 is 0. The molecule has 0 aromatic heterocycles. The number of rotatable bonds is 2. The van der Waals surface area contributed by atoms with Gasteiger partial charge >= 0.3 is 0 Å². The van der Waals surface area contributed by atoms with Crippen molar-refractivity contribution in [1.29, 1.82) is 0 Å². The van der Waals surface area contributed by atoms with Crippen LogP contribution in [0.3, 0.4) is 0 Å². The largest absolute Gasteiger partial charge is 0.388 e.